The molecule has 3 aromatic rings. The highest BCUT2D eigenvalue weighted by molar-refractivity contribution is 6.31. The van der Waals surface area contributed by atoms with Gasteiger partial charge in [-0.3, -0.25) is 14.2 Å². The van der Waals surface area contributed by atoms with Gasteiger partial charge in [-0.05, 0) is 68.7 Å². The molecule has 1 aromatic heterocycles. The number of methoxy groups -OCH3 is 1. The Morgan fingerprint density at radius 1 is 1.18 bits per heavy atom. The van der Waals surface area contributed by atoms with Crippen LogP contribution in [0.4, 0.5) is 5.69 Å². The molecule has 9 nitrogen and oxygen atoms in total. The number of hydrogen-bond acceptors (Lipinski definition) is 7. The SMILES string of the molecule is CCOC(=O)c1ccc(NC(=O)C(C[C@@H]2CCCCO2)n2cc(OC)c(-c3cc(Cl)ccc3C#N)cc2=O)cc1. The first kappa shape index (κ1) is 28.9. The number of rotatable bonds is 9. The predicted octanol–water partition coefficient (Wildman–Crippen LogP) is 5.36. The summed E-state index contributed by atoms with van der Waals surface area (Å²) >= 11 is 6.18. The molecule has 10 heteroatoms. The van der Waals surface area contributed by atoms with Crippen LogP contribution in [0, 0.1) is 11.3 Å². The lowest BCUT2D eigenvalue weighted by atomic mass is 9.99. The van der Waals surface area contributed by atoms with Crippen molar-refractivity contribution in [2.24, 2.45) is 0 Å². The Labute approximate surface area is 237 Å². The minimum Gasteiger partial charge on any atom is -0.495 e. The molecule has 1 unspecified atom stereocenters. The topological polar surface area (TPSA) is 120 Å². The summed E-state index contributed by atoms with van der Waals surface area (Å²) in [5.74, 6) is -0.569. The zero-order valence-electron chi connectivity index (χ0n) is 22.3. The number of hydrogen-bond donors (Lipinski definition) is 1. The van der Waals surface area contributed by atoms with Crippen LogP contribution in [0.25, 0.3) is 11.1 Å². The first-order valence-corrected chi connectivity index (χ1v) is 13.4. The Morgan fingerprint density at radius 3 is 2.60 bits per heavy atom. The number of nitrogens with one attached hydrogen (secondary N) is 1. The van der Waals surface area contributed by atoms with Crippen molar-refractivity contribution in [2.75, 3.05) is 25.6 Å². The number of amides is 1. The molecule has 40 heavy (non-hydrogen) atoms. The fourth-order valence-electron chi connectivity index (χ4n) is 4.70. The zero-order valence-corrected chi connectivity index (χ0v) is 23.1. The smallest absolute Gasteiger partial charge is 0.338 e. The van der Waals surface area contributed by atoms with E-state index in [2.05, 4.69) is 11.4 Å². The standard InChI is InChI=1S/C30H30ClN3O6/c1-3-39-30(37)19-8-11-22(12-9-19)33-29(36)26(15-23-6-4-5-13-40-23)34-18-27(38-2)25(16-28(34)35)24-14-21(31)10-7-20(24)17-32/h7-12,14,16,18,23,26H,3-6,13,15H2,1-2H3,(H,33,36)/t23-,26?/m0/s1. The average molecular weight is 564 g/mol. The maximum absolute atomic E-state index is 13.6. The van der Waals surface area contributed by atoms with Gasteiger partial charge in [0.15, 0.2) is 0 Å². The molecular weight excluding hydrogens is 534 g/mol. The lowest BCUT2D eigenvalue weighted by Crippen LogP contribution is -2.36. The molecule has 1 aliphatic heterocycles. The molecule has 208 valence electrons. The fraction of sp³-hybridized carbons (Fsp3) is 0.333. The molecule has 1 aliphatic rings. The summed E-state index contributed by atoms with van der Waals surface area (Å²) in [6.07, 6.45) is 4.25. The van der Waals surface area contributed by atoms with Crippen LogP contribution < -0.4 is 15.6 Å². The van der Waals surface area contributed by atoms with E-state index in [4.69, 9.17) is 25.8 Å². The highest BCUT2D eigenvalue weighted by Crippen LogP contribution is 2.34. The summed E-state index contributed by atoms with van der Waals surface area (Å²) < 4.78 is 17.9. The second-order valence-corrected chi connectivity index (χ2v) is 9.77. The van der Waals surface area contributed by atoms with Crippen molar-refractivity contribution >= 4 is 29.2 Å². The first-order chi connectivity index (χ1) is 19.3. The number of pyridine rings is 1. The van der Waals surface area contributed by atoms with Crippen LogP contribution in [-0.4, -0.2) is 42.9 Å². The van der Waals surface area contributed by atoms with E-state index in [0.717, 1.165) is 19.3 Å². The highest BCUT2D eigenvalue weighted by atomic mass is 35.5. The number of anilines is 1. The molecular formula is C30H30ClN3O6. The number of halogens is 1. The van der Waals surface area contributed by atoms with Crippen molar-refractivity contribution in [1.82, 2.24) is 4.57 Å². The van der Waals surface area contributed by atoms with Gasteiger partial charge in [0.25, 0.3) is 5.56 Å². The average Bonchev–Trinajstić information content (AvgIpc) is 2.97. The van der Waals surface area contributed by atoms with Gasteiger partial charge in [-0.25, -0.2) is 4.79 Å². The molecule has 2 atom stereocenters. The lowest BCUT2D eigenvalue weighted by Gasteiger charge is -2.28. The summed E-state index contributed by atoms with van der Waals surface area (Å²) in [5, 5.41) is 12.9. The van der Waals surface area contributed by atoms with Crippen LogP contribution in [0.2, 0.25) is 5.02 Å². The molecule has 1 amide bonds. The molecule has 0 bridgehead atoms. The number of ether oxygens (including phenoxy) is 3. The van der Waals surface area contributed by atoms with E-state index in [0.29, 0.717) is 45.3 Å². The second-order valence-electron chi connectivity index (χ2n) is 9.33. The summed E-state index contributed by atoms with van der Waals surface area (Å²) in [6, 6.07) is 13.7. The third kappa shape index (κ3) is 6.71. The molecule has 2 heterocycles. The van der Waals surface area contributed by atoms with Crippen molar-refractivity contribution in [2.45, 2.75) is 44.8 Å². The van der Waals surface area contributed by atoms with Gasteiger partial charge in [0, 0.05) is 40.9 Å². The number of nitriles is 1. The maximum Gasteiger partial charge on any atom is 0.338 e. The third-order valence-corrected chi connectivity index (χ3v) is 6.95. The van der Waals surface area contributed by atoms with E-state index in [1.54, 1.807) is 49.4 Å². The molecule has 2 aromatic carbocycles. The van der Waals surface area contributed by atoms with E-state index >= 15 is 0 Å². The summed E-state index contributed by atoms with van der Waals surface area (Å²) in [6.45, 7) is 2.58. The van der Waals surface area contributed by atoms with E-state index in [9.17, 15) is 19.6 Å². The van der Waals surface area contributed by atoms with Crippen LogP contribution in [0.3, 0.4) is 0 Å². The Hall–Kier alpha value is -4.13. The lowest BCUT2D eigenvalue weighted by molar-refractivity contribution is -0.121. The molecule has 0 radical (unpaired) electrons. The number of carbonyl (C=O) groups excluding carboxylic acids is 2. The largest absolute Gasteiger partial charge is 0.495 e. The van der Waals surface area contributed by atoms with Gasteiger partial charge in [-0.15, -0.1) is 0 Å². The van der Waals surface area contributed by atoms with Crippen molar-refractivity contribution in [1.29, 1.82) is 5.26 Å². The number of benzene rings is 2. The van der Waals surface area contributed by atoms with Gasteiger partial charge in [-0.1, -0.05) is 11.6 Å². The second kappa shape index (κ2) is 13.3. The van der Waals surface area contributed by atoms with Crippen LogP contribution in [-0.2, 0) is 14.3 Å². The monoisotopic (exact) mass is 563 g/mol. The molecule has 4 rings (SSSR count). The van der Waals surface area contributed by atoms with Gasteiger partial charge in [0.05, 0.1) is 43.2 Å². The number of nitrogens with zero attached hydrogens (tertiary/aromatic N) is 2. The van der Waals surface area contributed by atoms with Crippen molar-refractivity contribution in [3.8, 4) is 22.9 Å². The Morgan fingerprint density at radius 2 is 1.95 bits per heavy atom. The predicted molar refractivity (Wildman–Crippen MR) is 151 cm³/mol. The van der Waals surface area contributed by atoms with Crippen LogP contribution in [0.15, 0.2) is 59.5 Å². The van der Waals surface area contributed by atoms with Gasteiger partial charge >= 0.3 is 5.97 Å². The molecule has 0 aliphatic carbocycles. The van der Waals surface area contributed by atoms with Gasteiger partial charge in [0.2, 0.25) is 5.91 Å². The molecule has 1 fully saturated rings. The van der Waals surface area contributed by atoms with E-state index in [1.807, 2.05) is 0 Å². The molecule has 0 spiro atoms. The fourth-order valence-corrected chi connectivity index (χ4v) is 4.87. The summed E-state index contributed by atoms with van der Waals surface area (Å²) in [4.78, 5) is 39.1. The van der Waals surface area contributed by atoms with Gasteiger partial charge in [-0.2, -0.15) is 5.26 Å². The van der Waals surface area contributed by atoms with Gasteiger partial charge in [0.1, 0.15) is 11.8 Å². The number of esters is 1. The minimum absolute atomic E-state index is 0.202. The summed E-state index contributed by atoms with van der Waals surface area (Å²) in [5.41, 5.74) is 1.55. The van der Waals surface area contributed by atoms with E-state index in [1.165, 1.54) is 23.9 Å². The van der Waals surface area contributed by atoms with E-state index in [-0.39, 0.29) is 19.1 Å². The van der Waals surface area contributed by atoms with Gasteiger partial charge < -0.3 is 19.5 Å². The molecule has 0 saturated carbocycles. The van der Waals surface area contributed by atoms with Crippen LogP contribution in [0.1, 0.15) is 54.6 Å². The quantitative estimate of drug-likeness (QED) is 0.348. The van der Waals surface area contributed by atoms with Crippen molar-refractivity contribution < 1.29 is 23.8 Å². The first-order valence-electron chi connectivity index (χ1n) is 13.0. The molecule has 1 saturated heterocycles. The van der Waals surface area contributed by atoms with Crippen molar-refractivity contribution in [3.05, 3.63) is 81.2 Å². The van der Waals surface area contributed by atoms with Crippen LogP contribution >= 0.6 is 11.6 Å². The normalized spacial score (nSPS) is 15.5. The summed E-state index contributed by atoms with van der Waals surface area (Å²) in [7, 11) is 1.45. The minimum atomic E-state index is -0.918. The Bertz CT molecular complexity index is 1470. The Balaban J connectivity index is 1.70. The highest BCUT2D eigenvalue weighted by Gasteiger charge is 2.29. The Kier molecular flexibility index (Phi) is 9.59. The van der Waals surface area contributed by atoms with Crippen LogP contribution in [0.5, 0.6) is 5.75 Å². The molecule has 1 N–H and O–H groups in total. The number of aromatic nitrogens is 1. The maximum atomic E-state index is 13.6. The van der Waals surface area contributed by atoms with Crippen molar-refractivity contribution in [3.63, 3.8) is 0 Å². The number of carbonyl (C=O) groups is 2. The zero-order chi connectivity index (χ0) is 28.6. The third-order valence-electron chi connectivity index (χ3n) is 6.72. The van der Waals surface area contributed by atoms with E-state index < -0.39 is 23.5 Å².